The first-order valence-corrected chi connectivity index (χ1v) is 5.18. The van der Waals surface area contributed by atoms with E-state index in [4.69, 9.17) is 23.2 Å². The largest absolute Gasteiger partial charge is 0.0884 e. The average Bonchev–Trinajstić information content (AvgIpc) is 2.19. The molecule has 1 aliphatic carbocycles. The van der Waals surface area contributed by atoms with Gasteiger partial charge in [-0.3, -0.25) is 0 Å². The number of allylic oxidation sites excluding steroid dienone is 4. The fraction of sp³-hybridized carbons (Fsp3) is 0.0833. The zero-order chi connectivity index (χ0) is 9.97. The zero-order valence-corrected chi connectivity index (χ0v) is 9.02. The molecule has 0 heterocycles. The molecule has 0 saturated carbocycles. The van der Waals surface area contributed by atoms with Gasteiger partial charge in [0.1, 0.15) is 0 Å². The van der Waals surface area contributed by atoms with E-state index >= 15 is 0 Å². The van der Waals surface area contributed by atoms with E-state index in [1.54, 1.807) is 0 Å². The Morgan fingerprint density at radius 2 is 1.71 bits per heavy atom. The third kappa shape index (κ3) is 1.87. The molecule has 2 heteroatoms. The molecule has 0 N–H and O–H groups in total. The third-order valence-electron chi connectivity index (χ3n) is 2.13. The predicted molar refractivity (Wildman–Crippen MR) is 62.1 cm³/mol. The first-order chi connectivity index (χ1) is 6.79. The maximum Gasteiger partial charge on any atom is 0.0459 e. The van der Waals surface area contributed by atoms with Crippen LogP contribution in [-0.4, -0.2) is 0 Å². The molecule has 0 unspecified atom stereocenters. The van der Waals surface area contributed by atoms with E-state index < -0.39 is 0 Å². The fourth-order valence-electron chi connectivity index (χ4n) is 1.48. The Morgan fingerprint density at radius 1 is 1.00 bits per heavy atom. The molecule has 1 radical (unpaired) electrons. The van der Waals surface area contributed by atoms with E-state index in [1.807, 2.05) is 42.8 Å². The molecule has 71 valence electrons. The van der Waals surface area contributed by atoms with Gasteiger partial charge in [-0.1, -0.05) is 59.6 Å². The first kappa shape index (κ1) is 9.82. The van der Waals surface area contributed by atoms with Crippen molar-refractivity contribution in [3.63, 3.8) is 0 Å². The van der Waals surface area contributed by atoms with Gasteiger partial charge in [-0.25, -0.2) is 0 Å². The van der Waals surface area contributed by atoms with Crippen LogP contribution in [0.2, 0.25) is 0 Å². The van der Waals surface area contributed by atoms with Gasteiger partial charge in [0.05, 0.1) is 0 Å². The molecule has 1 aromatic carbocycles. The van der Waals surface area contributed by atoms with Gasteiger partial charge < -0.3 is 0 Å². The predicted octanol–water partition coefficient (Wildman–Crippen LogP) is 4.37. The summed E-state index contributed by atoms with van der Waals surface area (Å²) in [7, 11) is 0. The highest BCUT2D eigenvalue weighted by Gasteiger charge is 2.14. The van der Waals surface area contributed by atoms with Gasteiger partial charge in [-0.15, -0.1) is 0 Å². The molecular formula is C12H9Cl2. The van der Waals surface area contributed by atoms with Crippen LogP contribution in [0.25, 0.3) is 5.57 Å². The van der Waals surface area contributed by atoms with Gasteiger partial charge in [0, 0.05) is 15.6 Å². The lowest BCUT2D eigenvalue weighted by Crippen LogP contribution is -1.94. The van der Waals surface area contributed by atoms with Crippen molar-refractivity contribution in [2.45, 2.75) is 6.42 Å². The summed E-state index contributed by atoms with van der Waals surface area (Å²) < 4.78 is 0. The number of halogens is 2. The minimum Gasteiger partial charge on any atom is -0.0884 e. The summed E-state index contributed by atoms with van der Waals surface area (Å²) in [5.74, 6) is 0. The zero-order valence-electron chi connectivity index (χ0n) is 7.50. The SMILES string of the molecule is ClC1=C[CH]CC(Cl)=C1c1ccccc1. The molecule has 0 amide bonds. The summed E-state index contributed by atoms with van der Waals surface area (Å²) in [6.07, 6.45) is 4.63. The van der Waals surface area contributed by atoms with Gasteiger partial charge in [0.2, 0.25) is 0 Å². The minimum absolute atomic E-state index is 0.715. The Kier molecular flexibility index (Phi) is 2.95. The molecule has 0 bridgehead atoms. The fourth-order valence-corrected chi connectivity index (χ4v) is 2.14. The topological polar surface area (TPSA) is 0 Å². The molecule has 0 spiro atoms. The molecule has 1 aromatic rings. The average molecular weight is 224 g/mol. The van der Waals surface area contributed by atoms with Crippen LogP contribution in [0.1, 0.15) is 12.0 Å². The van der Waals surface area contributed by atoms with Gasteiger partial charge >= 0.3 is 0 Å². The van der Waals surface area contributed by atoms with Crippen molar-refractivity contribution in [3.05, 3.63) is 58.5 Å². The Hall–Kier alpha value is -0.720. The number of hydrogen-bond donors (Lipinski definition) is 0. The summed E-state index contributed by atoms with van der Waals surface area (Å²) >= 11 is 12.2. The van der Waals surface area contributed by atoms with E-state index in [-0.39, 0.29) is 0 Å². The van der Waals surface area contributed by atoms with Gasteiger partial charge in [-0.2, -0.15) is 0 Å². The lowest BCUT2D eigenvalue weighted by atomic mass is 9.99. The van der Waals surface area contributed by atoms with Crippen molar-refractivity contribution in [2.24, 2.45) is 0 Å². The van der Waals surface area contributed by atoms with Gasteiger partial charge in [-0.05, 0) is 18.4 Å². The molecule has 1 aliphatic rings. The molecule has 0 atom stereocenters. The van der Waals surface area contributed by atoms with Gasteiger partial charge in [0.25, 0.3) is 0 Å². The summed E-state index contributed by atoms with van der Waals surface area (Å²) in [5, 5.41) is 1.52. The Morgan fingerprint density at radius 3 is 2.36 bits per heavy atom. The monoisotopic (exact) mass is 223 g/mol. The van der Waals surface area contributed by atoms with Gasteiger partial charge in [0.15, 0.2) is 0 Å². The smallest absolute Gasteiger partial charge is 0.0459 e. The van der Waals surface area contributed by atoms with Crippen molar-refractivity contribution in [3.8, 4) is 0 Å². The van der Waals surface area contributed by atoms with Crippen molar-refractivity contribution in [1.29, 1.82) is 0 Å². The normalized spacial score (nSPS) is 16.9. The summed E-state index contributed by atoms with van der Waals surface area (Å²) in [5.41, 5.74) is 2.03. The summed E-state index contributed by atoms with van der Waals surface area (Å²) in [6.45, 7) is 0. The Balaban J connectivity index is 2.48. The summed E-state index contributed by atoms with van der Waals surface area (Å²) in [6, 6.07) is 9.97. The van der Waals surface area contributed by atoms with E-state index in [0.717, 1.165) is 22.6 Å². The molecule has 2 rings (SSSR count). The second-order valence-electron chi connectivity index (χ2n) is 3.10. The van der Waals surface area contributed by atoms with Crippen molar-refractivity contribution >= 4 is 28.8 Å². The Bertz CT molecular complexity index is 388. The van der Waals surface area contributed by atoms with Crippen LogP contribution < -0.4 is 0 Å². The lowest BCUT2D eigenvalue weighted by Gasteiger charge is -2.14. The molecule has 0 saturated heterocycles. The van der Waals surface area contributed by atoms with Crippen molar-refractivity contribution in [1.82, 2.24) is 0 Å². The van der Waals surface area contributed by atoms with Crippen molar-refractivity contribution < 1.29 is 0 Å². The molecule has 0 fully saturated rings. The van der Waals surface area contributed by atoms with E-state index in [2.05, 4.69) is 0 Å². The van der Waals surface area contributed by atoms with Crippen LogP contribution in [0.5, 0.6) is 0 Å². The maximum atomic E-state index is 6.14. The molecule has 14 heavy (non-hydrogen) atoms. The van der Waals surface area contributed by atoms with Crippen LogP contribution in [0, 0.1) is 6.42 Å². The Labute approximate surface area is 93.8 Å². The number of hydrogen-bond acceptors (Lipinski definition) is 0. The lowest BCUT2D eigenvalue weighted by molar-refractivity contribution is 1.23. The van der Waals surface area contributed by atoms with E-state index in [0.29, 0.717) is 5.03 Å². The van der Waals surface area contributed by atoms with Crippen LogP contribution in [0.4, 0.5) is 0 Å². The van der Waals surface area contributed by atoms with Crippen LogP contribution >= 0.6 is 23.2 Å². The second kappa shape index (κ2) is 4.20. The van der Waals surface area contributed by atoms with Crippen LogP contribution in [0.3, 0.4) is 0 Å². The molecule has 0 nitrogen and oxygen atoms in total. The summed E-state index contributed by atoms with van der Waals surface area (Å²) in [4.78, 5) is 0. The van der Waals surface area contributed by atoms with Crippen LogP contribution in [0.15, 0.2) is 46.5 Å². The minimum atomic E-state index is 0.715. The second-order valence-corrected chi connectivity index (χ2v) is 3.96. The molecular weight excluding hydrogens is 215 g/mol. The first-order valence-electron chi connectivity index (χ1n) is 4.42. The number of benzene rings is 1. The highest BCUT2D eigenvalue weighted by atomic mass is 35.5. The highest BCUT2D eigenvalue weighted by Crippen LogP contribution is 2.36. The third-order valence-corrected chi connectivity index (χ3v) is 2.79. The standard InChI is InChI=1S/C12H9Cl2/c13-10-7-4-8-11(14)12(10)9-5-2-1-3-6-9/h1-7H,8H2. The number of rotatable bonds is 1. The quantitative estimate of drug-likeness (QED) is 0.664. The molecule has 0 aliphatic heterocycles. The van der Waals surface area contributed by atoms with Crippen molar-refractivity contribution in [2.75, 3.05) is 0 Å². The van der Waals surface area contributed by atoms with E-state index in [1.165, 1.54) is 0 Å². The van der Waals surface area contributed by atoms with E-state index in [9.17, 15) is 0 Å². The molecule has 0 aromatic heterocycles. The maximum absolute atomic E-state index is 6.14. The highest BCUT2D eigenvalue weighted by molar-refractivity contribution is 6.42. The van der Waals surface area contributed by atoms with Crippen LogP contribution in [-0.2, 0) is 0 Å².